The van der Waals surface area contributed by atoms with Gasteiger partial charge in [-0.3, -0.25) is 0 Å². The van der Waals surface area contributed by atoms with Gasteiger partial charge in [-0.25, -0.2) is 36.4 Å². The third kappa shape index (κ3) is 12.8. The number of alkyl halides is 5. The molecule has 3 aromatic heterocycles. The first kappa shape index (κ1) is 51.4. The number of methoxy groups -OCH3 is 2. The second-order valence-corrected chi connectivity index (χ2v) is 20.4. The molecule has 344 valence electrons. The monoisotopic (exact) mass is 930 g/mol. The number of amides is 2. The maximum atomic E-state index is 15.0. The first-order valence-electron chi connectivity index (χ1n) is 19.1. The molecule has 16 nitrogen and oxygen atoms in total. The quantitative estimate of drug-likeness (QED) is 0.133. The van der Waals surface area contributed by atoms with Crippen molar-refractivity contribution in [3.8, 4) is 0 Å². The van der Waals surface area contributed by atoms with Crippen molar-refractivity contribution in [3.63, 3.8) is 0 Å². The van der Waals surface area contributed by atoms with Gasteiger partial charge < -0.3 is 38.9 Å². The highest BCUT2D eigenvalue weighted by molar-refractivity contribution is 7.93. The number of carbonyl (C=O) groups excluding carboxylic acids is 2. The van der Waals surface area contributed by atoms with E-state index >= 15 is 8.78 Å². The number of nitrogens with zero attached hydrogens (tertiary/aromatic N) is 5. The van der Waals surface area contributed by atoms with Crippen LogP contribution in [-0.4, -0.2) is 127 Å². The topological polar surface area (TPSA) is 202 Å². The first-order valence-corrected chi connectivity index (χ1v) is 22.6. The van der Waals surface area contributed by atoms with Gasteiger partial charge in [-0.05, 0) is 91.5 Å². The summed E-state index contributed by atoms with van der Waals surface area (Å²) < 4.78 is 131. The summed E-state index contributed by atoms with van der Waals surface area (Å²) in [7, 11) is -6.84. The van der Waals surface area contributed by atoms with Crippen molar-refractivity contribution in [2.45, 2.75) is 105 Å². The Balaban J connectivity index is 0.000000282. The number of piperidine rings is 2. The standard InChI is InChI=1S/C18H23F2N3O4S.C16H23F2N3O4S.C4H9ClO2/c1-17(2,3)27-16(24)23-10-6-13(7-11-23)18(19,20)28(25,26)14-5-4-9-22-12-8-21-15(14)22;1-15(2,3)25-14(22)21-9-6-11(7-10-21)16(17,18)26(23,24)12-5-4-8-20-13(12)19;1-6-4(3-5)7-2/h4-5,8-9,12-13H,6-7,10-11H2,1-3H3;4-5,8,11H,6-7,9-10H2,1-3H3,(H2,19,20);4H,3H2,1-2H3. The van der Waals surface area contributed by atoms with Crippen molar-refractivity contribution in [1.29, 1.82) is 0 Å². The van der Waals surface area contributed by atoms with Crippen molar-refractivity contribution in [2.24, 2.45) is 11.8 Å². The highest BCUT2D eigenvalue weighted by Gasteiger charge is 2.55. The molecule has 23 heteroatoms. The molecule has 5 rings (SSSR count). The minimum absolute atomic E-state index is 0.00673. The zero-order valence-electron chi connectivity index (χ0n) is 35.3. The molecule has 2 fully saturated rings. The molecule has 0 radical (unpaired) electrons. The van der Waals surface area contributed by atoms with E-state index in [1.165, 1.54) is 44.9 Å². The number of likely N-dealkylation sites (tertiary alicyclic amines) is 2. The fourth-order valence-corrected chi connectivity index (χ4v) is 9.59. The molecule has 5 heterocycles. The molecule has 2 amide bonds. The van der Waals surface area contributed by atoms with Gasteiger partial charge >= 0.3 is 22.7 Å². The number of halogens is 5. The lowest BCUT2D eigenvalue weighted by molar-refractivity contribution is -0.0851. The molecule has 0 spiro atoms. The number of hydrogen-bond acceptors (Lipinski definition) is 13. The number of ether oxygens (including phenoxy) is 4. The lowest BCUT2D eigenvalue weighted by Crippen LogP contribution is -2.47. The van der Waals surface area contributed by atoms with Crippen LogP contribution >= 0.6 is 11.6 Å². The van der Waals surface area contributed by atoms with Crippen LogP contribution in [0.4, 0.5) is 33.0 Å². The minimum atomic E-state index is -4.99. The van der Waals surface area contributed by atoms with Gasteiger partial charge in [0.2, 0.25) is 19.7 Å². The lowest BCUT2D eigenvalue weighted by Gasteiger charge is -2.36. The van der Waals surface area contributed by atoms with Crippen molar-refractivity contribution in [1.82, 2.24) is 24.2 Å². The minimum Gasteiger partial charge on any atom is -0.444 e. The molecule has 0 aliphatic carbocycles. The van der Waals surface area contributed by atoms with E-state index in [0.29, 0.717) is 5.88 Å². The van der Waals surface area contributed by atoms with E-state index in [1.807, 2.05) is 0 Å². The second-order valence-electron chi connectivity index (χ2n) is 16.1. The van der Waals surface area contributed by atoms with Crippen LogP contribution in [0.3, 0.4) is 0 Å². The fourth-order valence-electron chi connectivity index (χ4n) is 6.17. The predicted molar refractivity (Wildman–Crippen MR) is 218 cm³/mol. The Hall–Kier alpha value is -3.99. The summed E-state index contributed by atoms with van der Waals surface area (Å²) in [5.74, 6) is -2.90. The Morgan fingerprint density at radius 2 is 1.16 bits per heavy atom. The SMILES string of the molecule is CC(C)(C)OC(=O)N1CCC(C(F)(F)S(=O)(=O)c2cccn3ccnc23)CC1.CC(C)(C)OC(=O)N1CCC(C(F)(F)S(=O)(=O)c2cccnc2N)CC1.COC(CCl)OC. The third-order valence-corrected chi connectivity index (χ3v) is 13.5. The first-order chi connectivity index (χ1) is 28.1. The number of hydrogen-bond donors (Lipinski definition) is 1. The zero-order valence-corrected chi connectivity index (χ0v) is 37.7. The molecule has 0 aromatic carbocycles. The van der Waals surface area contributed by atoms with E-state index in [9.17, 15) is 35.2 Å². The number of sulfone groups is 2. The number of rotatable bonds is 9. The number of nitrogen functional groups attached to an aromatic ring is 1. The number of nitrogens with two attached hydrogens (primary N) is 1. The Bertz CT molecular complexity index is 2140. The summed E-state index contributed by atoms with van der Waals surface area (Å²) in [4.78, 5) is 33.0. The van der Waals surface area contributed by atoms with Crippen LogP contribution in [0.25, 0.3) is 5.65 Å². The van der Waals surface area contributed by atoms with Crippen molar-refractivity contribution < 1.29 is 62.9 Å². The molecule has 3 aromatic rings. The molecule has 2 aliphatic heterocycles. The molecular formula is C38H55ClF4N6O10S2. The van der Waals surface area contributed by atoms with Crippen LogP contribution in [0.2, 0.25) is 0 Å². The Labute approximate surface area is 358 Å². The van der Waals surface area contributed by atoms with Crippen LogP contribution in [0, 0.1) is 11.8 Å². The molecule has 2 saturated heterocycles. The maximum Gasteiger partial charge on any atom is 0.410 e. The number of carbonyl (C=O) groups is 2. The Kier molecular flexibility index (Phi) is 17.2. The molecule has 2 N–H and O–H groups in total. The molecule has 0 unspecified atom stereocenters. The van der Waals surface area contributed by atoms with E-state index in [4.69, 9.17) is 36.3 Å². The average Bonchev–Trinajstić information content (AvgIpc) is 3.67. The van der Waals surface area contributed by atoms with Gasteiger partial charge in [0.15, 0.2) is 11.9 Å². The molecular weight excluding hydrogens is 876 g/mol. The van der Waals surface area contributed by atoms with Gasteiger partial charge in [0.05, 0.1) is 5.88 Å². The van der Waals surface area contributed by atoms with E-state index in [2.05, 4.69) is 9.97 Å². The number of fused-ring (bicyclic) bond motifs is 1. The smallest absolute Gasteiger partial charge is 0.410 e. The van der Waals surface area contributed by atoms with Crippen molar-refractivity contribution in [3.05, 3.63) is 49.1 Å². The summed E-state index contributed by atoms with van der Waals surface area (Å²) in [6, 6.07) is 4.79. The van der Waals surface area contributed by atoms with Crippen LogP contribution < -0.4 is 5.73 Å². The lowest BCUT2D eigenvalue weighted by atomic mass is 9.97. The predicted octanol–water partition coefficient (Wildman–Crippen LogP) is 6.87. The molecule has 0 bridgehead atoms. The zero-order chi connectivity index (χ0) is 46.2. The van der Waals surface area contributed by atoms with Crippen LogP contribution in [0.1, 0.15) is 67.2 Å². The largest absolute Gasteiger partial charge is 0.444 e. The van der Waals surface area contributed by atoms with Gasteiger partial charge in [-0.2, -0.15) is 17.6 Å². The third-order valence-electron chi connectivity index (χ3n) is 9.37. The van der Waals surface area contributed by atoms with Crippen LogP contribution in [-0.2, 0) is 38.6 Å². The summed E-state index contributed by atoms with van der Waals surface area (Å²) in [6.07, 6.45) is 3.59. The van der Waals surface area contributed by atoms with Gasteiger partial charge in [-0.1, -0.05) is 0 Å². The van der Waals surface area contributed by atoms with E-state index in [0.717, 1.165) is 12.1 Å². The molecule has 61 heavy (non-hydrogen) atoms. The van der Waals surface area contributed by atoms with Gasteiger partial charge in [0.25, 0.3) is 0 Å². The number of aromatic nitrogens is 3. The van der Waals surface area contributed by atoms with E-state index in [-0.39, 0.29) is 63.8 Å². The molecule has 0 saturated carbocycles. The summed E-state index contributed by atoms with van der Waals surface area (Å²) in [6.45, 7) is 10.3. The number of imidazole rings is 1. The van der Waals surface area contributed by atoms with Gasteiger partial charge in [-0.15, -0.1) is 11.6 Å². The maximum absolute atomic E-state index is 15.0. The normalized spacial score (nSPS) is 16.4. The van der Waals surface area contributed by atoms with E-state index in [1.54, 1.807) is 62.0 Å². The van der Waals surface area contributed by atoms with Gasteiger partial charge in [0, 0.05) is 77.0 Å². The Morgan fingerprint density at radius 1 is 0.738 bits per heavy atom. The molecule has 0 atom stereocenters. The summed E-state index contributed by atoms with van der Waals surface area (Å²) in [5.41, 5.74) is 4.04. The fraction of sp³-hybridized carbons (Fsp3) is 0.632. The highest BCUT2D eigenvalue weighted by atomic mass is 35.5. The molecule has 2 aliphatic rings. The summed E-state index contributed by atoms with van der Waals surface area (Å²) >= 11 is 5.32. The number of pyridine rings is 2. The van der Waals surface area contributed by atoms with Crippen molar-refractivity contribution >= 4 is 54.9 Å². The summed E-state index contributed by atoms with van der Waals surface area (Å²) in [5, 5.41) is -7.98. The second kappa shape index (κ2) is 20.5. The Morgan fingerprint density at radius 3 is 1.54 bits per heavy atom. The van der Waals surface area contributed by atoms with Crippen molar-refractivity contribution in [2.75, 3.05) is 52.0 Å². The average molecular weight is 931 g/mol. The van der Waals surface area contributed by atoms with Gasteiger partial charge in [0.1, 0.15) is 26.8 Å². The van der Waals surface area contributed by atoms with Crippen LogP contribution in [0.5, 0.6) is 0 Å². The number of anilines is 1. The highest BCUT2D eigenvalue weighted by Crippen LogP contribution is 2.43. The van der Waals surface area contributed by atoms with E-state index < -0.39 is 81.0 Å². The van der Waals surface area contributed by atoms with Crippen LogP contribution in [0.15, 0.2) is 58.8 Å².